The molecule has 0 aromatic heterocycles. The number of ether oxygens (including phenoxy) is 1. The highest BCUT2D eigenvalue weighted by Gasteiger charge is 2.50. The molecule has 138 valence electrons. The Kier molecular flexibility index (Phi) is 9.63. The molecule has 0 amide bonds. The summed E-state index contributed by atoms with van der Waals surface area (Å²) in [6.45, 7) is 5.26. The third kappa shape index (κ3) is 6.31. The molecule has 0 aromatic rings. The Morgan fingerprint density at radius 3 is 2.39 bits per heavy atom. The fourth-order valence-electron chi connectivity index (χ4n) is 3.47. The second kappa shape index (κ2) is 10.6. The van der Waals surface area contributed by atoms with Crippen molar-refractivity contribution < 1.29 is 20.1 Å². The van der Waals surface area contributed by atoms with Gasteiger partial charge >= 0.3 is 0 Å². The fraction of sp³-hybridized carbons (Fsp3) is 1.00. The van der Waals surface area contributed by atoms with Gasteiger partial charge in [0, 0.05) is 19.4 Å². The summed E-state index contributed by atoms with van der Waals surface area (Å²) in [5.74, 6) is 0. The summed E-state index contributed by atoms with van der Waals surface area (Å²) < 4.78 is 5.99. The van der Waals surface area contributed by atoms with Gasteiger partial charge in [-0.1, -0.05) is 46.0 Å². The molecule has 23 heavy (non-hydrogen) atoms. The lowest BCUT2D eigenvalue weighted by atomic mass is 10.1. The zero-order valence-corrected chi connectivity index (χ0v) is 15.2. The molecule has 5 heteroatoms. The highest BCUT2D eigenvalue weighted by Crippen LogP contribution is 2.36. The van der Waals surface area contributed by atoms with E-state index in [1.807, 2.05) is 18.9 Å². The van der Waals surface area contributed by atoms with Crippen LogP contribution in [-0.2, 0) is 4.74 Å². The van der Waals surface area contributed by atoms with Gasteiger partial charge in [0.1, 0.15) is 5.72 Å². The van der Waals surface area contributed by atoms with Crippen LogP contribution in [0.5, 0.6) is 0 Å². The van der Waals surface area contributed by atoms with Crippen LogP contribution in [0.25, 0.3) is 0 Å². The molecule has 5 nitrogen and oxygen atoms in total. The first-order valence-electron chi connectivity index (χ1n) is 9.35. The highest BCUT2D eigenvalue weighted by atomic mass is 16.5. The number of hydrogen-bond acceptors (Lipinski definition) is 5. The Balaban J connectivity index is 2.57. The second-order valence-electron chi connectivity index (χ2n) is 7.04. The monoisotopic (exact) mass is 331 g/mol. The van der Waals surface area contributed by atoms with Gasteiger partial charge in [0.05, 0.1) is 24.9 Å². The minimum Gasteiger partial charge on any atom is -0.393 e. The van der Waals surface area contributed by atoms with Gasteiger partial charge in [-0.25, -0.2) is 0 Å². The lowest BCUT2D eigenvalue weighted by molar-refractivity contribution is -0.206. The van der Waals surface area contributed by atoms with E-state index >= 15 is 0 Å². The first kappa shape index (κ1) is 20.8. The quantitative estimate of drug-likeness (QED) is 0.378. The third-order valence-electron chi connectivity index (χ3n) is 4.93. The largest absolute Gasteiger partial charge is 0.393 e. The first-order valence-corrected chi connectivity index (χ1v) is 9.35. The Morgan fingerprint density at radius 1 is 1.13 bits per heavy atom. The van der Waals surface area contributed by atoms with Gasteiger partial charge in [-0.15, -0.1) is 0 Å². The first-order chi connectivity index (χ1) is 11.0. The molecular weight excluding hydrogens is 294 g/mol. The van der Waals surface area contributed by atoms with Crippen molar-refractivity contribution in [3.8, 4) is 0 Å². The van der Waals surface area contributed by atoms with Crippen molar-refractivity contribution in [2.75, 3.05) is 20.2 Å². The number of aliphatic hydroxyl groups is 3. The maximum atomic E-state index is 10.5. The summed E-state index contributed by atoms with van der Waals surface area (Å²) in [6.07, 6.45) is 6.50. The van der Waals surface area contributed by atoms with Gasteiger partial charge in [0.25, 0.3) is 0 Å². The van der Waals surface area contributed by atoms with Crippen molar-refractivity contribution in [3.05, 3.63) is 0 Å². The van der Waals surface area contributed by atoms with Crippen LogP contribution in [0.4, 0.5) is 0 Å². The minimum absolute atomic E-state index is 0.206. The molecule has 1 fully saturated rings. The smallest absolute Gasteiger partial charge is 0.150 e. The van der Waals surface area contributed by atoms with Crippen molar-refractivity contribution >= 4 is 0 Å². The van der Waals surface area contributed by atoms with E-state index < -0.39 is 24.0 Å². The van der Waals surface area contributed by atoms with Crippen molar-refractivity contribution in [2.24, 2.45) is 0 Å². The Hall–Kier alpha value is -0.200. The van der Waals surface area contributed by atoms with E-state index in [2.05, 4.69) is 6.92 Å². The van der Waals surface area contributed by atoms with Crippen LogP contribution in [0.2, 0.25) is 0 Å². The zero-order valence-electron chi connectivity index (χ0n) is 15.2. The van der Waals surface area contributed by atoms with Crippen LogP contribution >= 0.6 is 0 Å². The minimum atomic E-state index is -0.862. The average Bonchev–Trinajstić information content (AvgIpc) is 2.80. The summed E-state index contributed by atoms with van der Waals surface area (Å²) in [6, 6.07) is 0. The molecule has 0 heterocycles. The van der Waals surface area contributed by atoms with Gasteiger partial charge < -0.3 is 20.1 Å². The molecule has 4 atom stereocenters. The van der Waals surface area contributed by atoms with E-state index in [1.54, 1.807) is 0 Å². The predicted octanol–water partition coefficient (Wildman–Crippen LogP) is 2.28. The van der Waals surface area contributed by atoms with Crippen LogP contribution in [0, 0.1) is 0 Å². The molecule has 3 N–H and O–H groups in total. The van der Waals surface area contributed by atoms with Crippen LogP contribution in [0.3, 0.4) is 0 Å². The van der Waals surface area contributed by atoms with Gasteiger partial charge in [-0.05, 0) is 19.9 Å². The maximum absolute atomic E-state index is 10.5. The Morgan fingerprint density at radius 2 is 1.83 bits per heavy atom. The molecule has 1 unspecified atom stereocenters. The van der Waals surface area contributed by atoms with Crippen molar-refractivity contribution in [1.29, 1.82) is 0 Å². The number of likely N-dealkylation sites (N-methyl/N-ethyl adjacent to an activating group) is 1. The molecule has 0 spiro atoms. The SMILES string of the molecule is CCCCCCCN(C)[C@@]1(OCC(O)CCC)C[C@H](O)C[C@@H]1O. The van der Waals surface area contributed by atoms with Gasteiger partial charge in [0.2, 0.25) is 0 Å². The van der Waals surface area contributed by atoms with Crippen LogP contribution in [-0.4, -0.2) is 64.5 Å². The molecule has 1 aliphatic carbocycles. The summed E-state index contributed by atoms with van der Waals surface area (Å²) in [7, 11) is 1.95. The summed E-state index contributed by atoms with van der Waals surface area (Å²) in [4.78, 5) is 2.04. The van der Waals surface area contributed by atoms with Gasteiger partial charge in [0.15, 0.2) is 0 Å². The average molecular weight is 331 g/mol. The standard InChI is InChI=1S/C18H37NO4/c1-4-6-7-8-9-11-19(3)18(13-16(21)12-17(18)22)23-14-15(20)10-5-2/h15-17,20-22H,4-14H2,1-3H3/t15?,16-,17+,18-/m1/s1. The second-order valence-corrected chi connectivity index (χ2v) is 7.04. The summed E-state index contributed by atoms with van der Waals surface area (Å²) in [5, 5.41) is 30.4. The topological polar surface area (TPSA) is 73.2 Å². The number of unbranched alkanes of at least 4 members (excludes halogenated alkanes) is 4. The molecule has 1 aliphatic rings. The third-order valence-corrected chi connectivity index (χ3v) is 4.93. The van der Waals surface area contributed by atoms with Gasteiger partial charge in [-0.2, -0.15) is 0 Å². The van der Waals surface area contributed by atoms with E-state index in [4.69, 9.17) is 4.74 Å². The predicted molar refractivity (Wildman–Crippen MR) is 92.2 cm³/mol. The van der Waals surface area contributed by atoms with Crippen molar-refractivity contribution in [2.45, 2.75) is 95.7 Å². The molecule has 1 rings (SSSR count). The number of nitrogens with zero attached hydrogens (tertiary/aromatic N) is 1. The van der Waals surface area contributed by atoms with E-state index in [9.17, 15) is 15.3 Å². The van der Waals surface area contributed by atoms with Gasteiger partial charge in [-0.3, -0.25) is 4.90 Å². The number of hydrogen-bond donors (Lipinski definition) is 3. The van der Waals surface area contributed by atoms with Crippen LogP contribution < -0.4 is 0 Å². The molecule has 0 aromatic carbocycles. The molecule has 0 radical (unpaired) electrons. The fourth-order valence-corrected chi connectivity index (χ4v) is 3.47. The highest BCUT2D eigenvalue weighted by molar-refractivity contribution is 4.97. The molecule has 0 bridgehead atoms. The molecule has 0 saturated heterocycles. The van der Waals surface area contributed by atoms with Crippen molar-refractivity contribution in [1.82, 2.24) is 4.90 Å². The Labute approximate surface area is 141 Å². The molecular formula is C18H37NO4. The number of rotatable bonds is 12. The number of aliphatic hydroxyl groups excluding tert-OH is 3. The maximum Gasteiger partial charge on any atom is 0.150 e. The summed E-state index contributed by atoms with van der Waals surface area (Å²) in [5.41, 5.74) is -0.862. The van der Waals surface area contributed by atoms with Crippen LogP contribution in [0.1, 0.15) is 71.6 Å². The lowest BCUT2D eigenvalue weighted by Crippen LogP contribution is -2.55. The van der Waals surface area contributed by atoms with E-state index in [1.165, 1.54) is 25.7 Å². The summed E-state index contributed by atoms with van der Waals surface area (Å²) >= 11 is 0. The molecule has 1 saturated carbocycles. The lowest BCUT2D eigenvalue weighted by Gasteiger charge is -2.41. The van der Waals surface area contributed by atoms with E-state index in [-0.39, 0.29) is 6.61 Å². The van der Waals surface area contributed by atoms with E-state index in [0.717, 1.165) is 19.4 Å². The normalized spacial score (nSPS) is 29.3. The Bertz CT molecular complexity index is 315. The van der Waals surface area contributed by atoms with Crippen molar-refractivity contribution in [3.63, 3.8) is 0 Å². The molecule has 0 aliphatic heterocycles. The van der Waals surface area contributed by atoms with Crippen LogP contribution in [0.15, 0.2) is 0 Å². The van der Waals surface area contributed by atoms with E-state index in [0.29, 0.717) is 19.3 Å². The zero-order chi connectivity index (χ0) is 17.3.